The number of hydrogen-bond donors (Lipinski definition) is 1. The topological polar surface area (TPSA) is 43.1 Å². The molecule has 2 aromatic carbocycles. The normalized spacial score (nSPS) is 10.4. The van der Waals surface area contributed by atoms with Gasteiger partial charge in [-0.05, 0) is 11.5 Å². The number of rotatable bonds is 1. The fourth-order valence-electron chi connectivity index (χ4n) is 1.39. The van der Waals surface area contributed by atoms with Crippen LogP contribution in [-0.4, -0.2) is 4.92 Å². The van der Waals surface area contributed by atoms with Crippen molar-refractivity contribution in [2.75, 3.05) is 0 Å². The highest BCUT2D eigenvalue weighted by Crippen LogP contribution is 2.30. The first kappa shape index (κ1) is 9.02. The third-order valence-corrected chi connectivity index (χ3v) is 2.55. The van der Waals surface area contributed by atoms with E-state index in [2.05, 4.69) is 12.6 Å². The van der Waals surface area contributed by atoms with Crippen LogP contribution in [0.1, 0.15) is 0 Å². The molecule has 0 saturated carbocycles. The smallest absolute Gasteiger partial charge is 0.258 e. The molecule has 3 nitrogen and oxygen atoms in total. The van der Waals surface area contributed by atoms with Crippen molar-refractivity contribution in [1.82, 2.24) is 0 Å². The van der Waals surface area contributed by atoms with Gasteiger partial charge in [0.25, 0.3) is 5.69 Å². The molecule has 2 rings (SSSR count). The first-order chi connectivity index (χ1) is 6.70. The number of nitrogens with zero attached hydrogens (tertiary/aromatic N) is 1. The lowest BCUT2D eigenvalue weighted by Gasteiger charge is -2.01. The minimum atomic E-state index is -0.422. The molecule has 0 bridgehead atoms. The molecule has 0 aromatic heterocycles. The summed E-state index contributed by atoms with van der Waals surface area (Å²) >= 11 is 4.16. The highest BCUT2D eigenvalue weighted by atomic mass is 32.1. The molecular weight excluding hydrogens is 198 g/mol. The summed E-state index contributed by atoms with van der Waals surface area (Å²) in [4.78, 5) is 10.6. The maximum atomic E-state index is 10.6. The van der Waals surface area contributed by atoms with Crippen LogP contribution < -0.4 is 0 Å². The molecule has 2 aromatic rings. The van der Waals surface area contributed by atoms with Crippen molar-refractivity contribution in [3.8, 4) is 0 Å². The standard InChI is InChI=1S/C10H7NO2S/c12-11(13)9-6-5-7-3-1-2-4-8(7)10(9)14/h1-6,14H. The summed E-state index contributed by atoms with van der Waals surface area (Å²) in [7, 11) is 0. The van der Waals surface area contributed by atoms with Crippen molar-refractivity contribution in [1.29, 1.82) is 0 Å². The lowest BCUT2D eigenvalue weighted by molar-refractivity contribution is -0.387. The summed E-state index contributed by atoms with van der Waals surface area (Å²) in [6.45, 7) is 0. The van der Waals surface area contributed by atoms with E-state index in [9.17, 15) is 10.1 Å². The first-order valence-electron chi connectivity index (χ1n) is 4.05. The molecule has 0 unspecified atom stereocenters. The van der Waals surface area contributed by atoms with E-state index < -0.39 is 4.92 Å². The fraction of sp³-hybridized carbons (Fsp3) is 0. The van der Waals surface area contributed by atoms with Gasteiger partial charge in [-0.2, -0.15) is 0 Å². The maximum absolute atomic E-state index is 10.6. The number of fused-ring (bicyclic) bond motifs is 1. The van der Waals surface area contributed by atoms with Gasteiger partial charge in [-0.1, -0.05) is 24.3 Å². The fourth-order valence-corrected chi connectivity index (χ4v) is 1.75. The van der Waals surface area contributed by atoms with Crippen molar-refractivity contribution >= 4 is 29.1 Å². The molecule has 0 saturated heterocycles. The lowest BCUT2D eigenvalue weighted by atomic mass is 10.1. The SMILES string of the molecule is O=[N+]([O-])c1ccc2ccccc2c1S. The summed E-state index contributed by atoms with van der Waals surface area (Å²) in [5.74, 6) is 0. The number of nitro groups is 1. The van der Waals surface area contributed by atoms with E-state index in [1.54, 1.807) is 6.07 Å². The summed E-state index contributed by atoms with van der Waals surface area (Å²) in [6, 6.07) is 10.7. The van der Waals surface area contributed by atoms with E-state index in [0.717, 1.165) is 10.8 Å². The van der Waals surface area contributed by atoms with Crippen LogP contribution in [0.3, 0.4) is 0 Å². The zero-order valence-electron chi connectivity index (χ0n) is 7.18. The van der Waals surface area contributed by atoms with Crippen LogP contribution in [0, 0.1) is 10.1 Å². The van der Waals surface area contributed by atoms with E-state index in [1.807, 2.05) is 24.3 Å². The molecule has 0 aliphatic rings. The van der Waals surface area contributed by atoms with E-state index in [0.29, 0.717) is 4.90 Å². The van der Waals surface area contributed by atoms with Crippen LogP contribution >= 0.6 is 12.6 Å². The van der Waals surface area contributed by atoms with Gasteiger partial charge < -0.3 is 0 Å². The Morgan fingerprint density at radius 3 is 2.57 bits per heavy atom. The molecule has 0 aliphatic heterocycles. The molecule has 4 heteroatoms. The number of benzene rings is 2. The Labute approximate surface area is 85.9 Å². The summed E-state index contributed by atoms with van der Waals surface area (Å²) in [5.41, 5.74) is 0.0482. The van der Waals surface area contributed by atoms with E-state index in [4.69, 9.17) is 0 Å². The zero-order chi connectivity index (χ0) is 10.1. The third-order valence-electron chi connectivity index (χ3n) is 2.08. The summed E-state index contributed by atoms with van der Waals surface area (Å²) < 4.78 is 0. The van der Waals surface area contributed by atoms with Crippen LogP contribution in [0.25, 0.3) is 10.8 Å². The lowest BCUT2D eigenvalue weighted by Crippen LogP contribution is -1.89. The molecule has 14 heavy (non-hydrogen) atoms. The van der Waals surface area contributed by atoms with Crippen LogP contribution in [0.5, 0.6) is 0 Å². The molecule has 0 fully saturated rings. The van der Waals surface area contributed by atoms with Crippen LogP contribution in [0.15, 0.2) is 41.3 Å². The molecule has 0 radical (unpaired) electrons. The molecule has 0 amide bonds. The third kappa shape index (κ3) is 1.33. The van der Waals surface area contributed by atoms with Gasteiger partial charge in [-0.3, -0.25) is 10.1 Å². The molecule has 0 atom stereocenters. The number of nitro benzene ring substituents is 1. The highest BCUT2D eigenvalue weighted by molar-refractivity contribution is 7.80. The van der Waals surface area contributed by atoms with Gasteiger partial charge in [-0.25, -0.2) is 0 Å². The number of hydrogen-bond acceptors (Lipinski definition) is 3. The van der Waals surface area contributed by atoms with Crippen molar-refractivity contribution in [2.24, 2.45) is 0 Å². The predicted octanol–water partition coefficient (Wildman–Crippen LogP) is 3.04. The van der Waals surface area contributed by atoms with Crippen molar-refractivity contribution in [2.45, 2.75) is 4.90 Å². The molecule has 0 spiro atoms. The molecule has 0 heterocycles. The second kappa shape index (κ2) is 3.31. The second-order valence-corrected chi connectivity index (χ2v) is 3.36. The van der Waals surface area contributed by atoms with Crippen molar-refractivity contribution in [3.63, 3.8) is 0 Å². The zero-order valence-corrected chi connectivity index (χ0v) is 8.07. The largest absolute Gasteiger partial charge is 0.283 e. The summed E-state index contributed by atoms with van der Waals surface area (Å²) in [5, 5.41) is 12.4. The minimum Gasteiger partial charge on any atom is -0.258 e. The van der Waals surface area contributed by atoms with Gasteiger partial charge >= 0.3 is 0 Å². The van der Waals surface area contributed by atoms with Gasteiger partial charge in [0, 0.05) is 11.5 Å². The monoisotopic (exact) mass is 205 g/mol. The average Bonchev–Trinajstić information content (AvgIpc) is 2.18. The Hall–Kier alpha value is -1.55. The Morgan fingerprint density at radius 2 is 1.86 bits per heavy atom. The number of thiol groups is 1. The van der Waals surface area contributed by atoms with E-state index >= 15 is 0 Å². The van der Waals surface area contributed by atoms with E-state index in [1.165, 1.54) is 6.07 Å². The quantitative estimate of drug-likeness (QED) is 0.441. The van der Waals surface area contributed by atoms with Gasteiger partial charge in [-0.15, -0.1) is 12.6 Å². The molecule has 0 aliphatic carbocycles. The van der Waals surface area contributed by atoms with Crippen molar-refractivity contribution < 1.29 is 4.92 Å². The predicted molar refractivity (Wildman–Crippen MR) is 57.9 cm³/mol. The first-order valence-corrected chi connectivity index (χ1v) is 4.50. The van der Waals surface area contributed by atoms with Crippen LogP contribution in [0.2, 0.25) is 0 Å². The van der Waals surface area contributed by atoms with Gasteiger partial charge in [0.1, 0.15) is 0 Å². The maximum Gasteiger partial charge on any atom is 0.283 e. The summed E-state index contributed by atoms with van der Waals surface area (Å²) in [6.07, 6.45) is 0. The van der Waals surface area contributed by atoms with Crippen LogP contribution in [-0.2, 0) is 0 Å². The van der Waals surface area contributed by atoms with Gasteiger partial charge in [0.2, 0.25) is 0 Å². The van der Waals surface area contributed by atoms with Crippen molar-refractivity contribution in [3.05, 3.63) is 46.5 Å². The minimum absolute atomic E-state index is 0.0482. The molecule has 0 N–H and O–H groups in total. The Kier molecular flexibility index (Phi) is 2.13. The Balaban J connectivity index is 2.81. The van der Waals surface area contributed by atoms with Gasteiger partial charge in [0.05, 0.1) is 9.82 Å². The second-order valence-electron chi connectivity index (χ2n) is 2.91. The van der Waals surface area contributed by atoms with E-state index in [-0.39, 0.29) is 5.69 Å². The Bertz CT molecular complexity index is 510. The average molecular weight is 205 g/mol. The van der Waals surface area contributed by atoms with Gasteiger partial charge in [0.15, 0.2) is 0 Å². The highest BCUT2D eigenvalue weighted by Gasteiger charge is 2.12. The Morgan fingerprint density at radius 1 is 1.14 bits per heavy atom. The van der Waals surface area contributed by atoms with Crippen LogP contribution in [0.4, 0.5) is 5.69 Å². The molecule has 70 valence electrons. The molecular formula is C10H7NO2S.